The maximum Gasteiger partial charge on any atom is 0.249 e. The van der Waals surface area contributed by atoms with Crippen LogP contribution in [0, 0.1) is 0 Å². The molecule has 0 bridgehead atoms. The van der Waals surface area contributed by atoms with E-state index in [0.29, 0.717) is 18.2 Å². The molecule has 6 heteroatoms. The van der Waals surface area contributed by atoms with Gasteiger partial charge in [0.1, 0.15) is 6.61 Å². The summed E-state index contributed by atoms with van der Waals surface area (Å²) in [4.78, 5) is 14.9. The summed E-state index contributed by atoms with van der Waals surface area (Å²) in [5, 5.41) is 1.82. The number of likely N-dealkylation sites (tertiary alicyclic amines) is 1. The van der Waals surface area contributed by atoms with Crippen LogP contribution in [0.4, 0.5) is 0 Å². The molecule has 0 N–H and O–H groups in total. The molecule has 1 saturated heterocycles. The first-order valence-electron chi connectivity index (χ1n) is 10.3. The number of fused-ring (bicyclic) bond motifs is 1. The number of halogens is 1. The average Bonchev–Trinajstić information content (AvgIpc) is 3.34. The smallest absolute Gasteiger partial charge is 0.249 e. The summed E-state index contributed by atoms with van der Waals surface area (Å²) < 4.78 is 12.7. The van der Waals surface area contributed by atoms with Crippen LogP contribution in [-0.4, -0.2) is 48.8 Å². The van der Waals surface area contributed by atoms with Gasteiger partial charge in [-0.3, -0.25) is 4.79 Å². The number of rotatable bonds is 7. The molecule has 1 fully saturated rings. The van der Waals surface area contributed by atoms with Crippen LogP contribution in [-0.2, 0) is 21.3 Å². The number of hydrogen-bond acceptors (Lipinski definition) is 3. The van der Waals surface area contributed by atoms with Crippen LogP contribution >= 0.6 is 11.6 Å². The number of carbonyl (C=O) groups excluding carboxylic acids is 1. The van der Waals surface area contributed by atoms with Crippen molar-refractivity contribution in [3.63, 3.8) is 0 Å². The minimum Gasteiger partial charge on any atom is -0.382 e. The SMILES string of the molecule is COCCOCC(=O)N1CCCC1c1c(-c2ccccc2)c2cc(Cl)ccc2n1C. The van der Waals surface area contributed by atoms with Crippen molar-refractivity contribution in [1.29, 1.82) is 0 Å². The van der Waals surface area contributed by atoms with E-state index in [2.05, 4.69) is 29.8 Å². The monoisotopic (exact) mass is 426 g/mol. The van der Waals surface area contributed by atoms with Crippen LogP contribution in [0.25, 0.3) is 22.0 Å². The summed E-state index contributed by atoms with van der Waals surface area (Å²) >= 11 is 6.36. The van der Waals surface area contributed by atoms with Crippen molar-refractivity contribution in [3.8, 4) is 11.1 Å². The topological polar surface area (TPSA) is 43.7 Å². The van der Waals surface area contributed by atoms with Crippen molar-refractivity contribution in [2.24, 2.45) is 7.05 Å². The minimum atomic E-state index is 0.00917. The number of amides is 1. The molecule has 0 saturated carbocycles. The molecular formula is C24H27ClN2O3. The Morgan fingerprint density at radius 1 is 1.17 bits per heavy atom. The van der Waals surface area contributed by atoms with Gasteiger partial charge in [0.05, 0.1) is 19.3 Å². The molecule has 1 atom stereocenters. The highest BCUT2D eigenvalue weighted by molar-refractivity contribution is 6.31. The van der Waals surface area contributed by atoms with E-state index >= 15 is 0 Å². The molecule has 0 radical (unpaired) electrons. The van der Waals surface area contributed by atoms with Gasteiger partial charge in [-0.2, -0.15) is 0 Å². The van der Waals surface area contributed by atoms with Gasteiger partial charge in [-0.15, -0.1) is 0 Å². The molecule has 2 aromatic carbocycles. The zero-order valence-corrected chi connectivity index (χ0v) is 18.2. The first kappa shape index (κ1) is 20.9. The van der Waals surface area contributed by atoms with E-state index in [1.807, 2.05) is 35.2 Å². The number of aromatic nitrogens is 1. The highest BCUT2D eigenvalue weighted by Crippen LogP contribution is 2.43. The first-order valence-corrected chi connectivity index (χ1v) is 10.7. The summed E-state index contributed by atoms with van der Waals surface area (Å²) in [7, 11) is 3.70. The fourth-order valence-electron chi connectivity index (χ4n) is 4.47. The third-order valence-electron chi connectivity index (χ3n) is 5.82. The maximum atomic E-state index is 13.0. The van der Waals surface area contributed by atoms with E-state index in [1.165, 1.54) is 0 Å². The van der Waals surface area contributed by atoms with Gasteiger partial charge in [-0.05, 0) is 36.6 Å². The molecule has 1 aliphatic heterocycles. The van der Waals surface area contributed by atoms with Gasteiger partial charge in [0.15, 0.2) is 0 Å². The molecule has 1 aromatic heterocycles. The molecule has 1 unspecified atom stereocenters. The molecule has 3 aromatic rings. The summed E-state index contributed by atoms with van der Waals surface area (Å²) in [6, 6.07) is 16.4. The Labute approximate surface area is 182 Å². The van der Waals surface area contributed by atoms with Crippen LogP contribution in [0.3, 0.4) is 0 Å². The second kappa shape index (κ2) is 9.21. The van der Waals surface area contributed by atoms with Gasteiger partial charge in [0, 0.05) is 47.9 Å². The van der Waals surface area contributed by atoms with Crippen LogP contribution < -0.4 is 0 Å². The zero-order chi connectivity index (χ0) is 21.1. The van der Waals surface area contributed by atoms with Crippen molar-refractivity contribution in [1.82, 2.24) is 9.47 Å². The molecule has 30 heavy (non-hydrogen) atoms. The Kier molecular flexibility index (Phi) is 6.42. The van der Waals surface area contributed by atoms with E-state index in [0.717, 1.165) is 47.1 Å². The molecule has 5 nitrogen and oxygen atoms in total. The van der Waals surface area contributed by atoms with Gasteiger partial charge in [-0.25, -0.2) is 0 Å². The lowest BCUT2D eigenvalue weighted by molar-refractivity contribution is -0.137. The summed E-state index contributed by atoms with van der Waals surface area (Å²) in [6.45, 7) is 1.73. The second-order valence-corrected chi connectivity index (χ2v) is 8.07. The van der Waals surface area contributed by atoms with E-state index in [9.17, 15) is 4.79 Å². The Morgan fingerprint density at radius 3 is 2.73 bits per heavy atom. The van der Waals surface area contributed by atoms with Crippen molar-refractivity contribution in [3.05, 3.63) is 59.2 Å². The number of hydrogen-bond donors (Lipinski definition) is 0. The minimum absolute atomic E-state index is 0.00917. The number of nitrogens with zero attached hydrogens (tertiary/aromatic N) is 2. The number of carbonyl (C=O) groups is 1. The summed E-state index contributed by atoms with van der Waals surface area (Å²) in [5.74, 6) is 0.0240. The Morgan fingerprint density at radius 2 is 1.97 bits per heavy atom. The predicted molar refractivity (Wildman–Crippen MR) is 120 cm³/mol. The lowest BCUT2D eigenvalue weighted by Gasteiger charge is -2.27. The number of benzene rings is 2. The highest BCUT2D eigenvalue weighted by Gasteiger charge is 2.34. The van der Waals surface area contributed by atoms with Crippen LogP contribution in [0.2, 0.25) is 5.02 Å². The maximum absolute atomic E-state index is 13.0. The third-order valence-corrected chi connectivity index (χ3v) is 6.05. The fraction of sp³-hybridized carbons (Fsp3) is 0.375. The number of ether oxygens (including phenoxy) is 2. The van der Waals surface area contributed by atoms with Gasteiger partial charge >= 0.3 is 0 Å². The van der Waals surface area contributed by atoms with Crippen LogP contribution in [0.15, 0.2) is 48.5 Å². The van der Waals surface area contributed by atoms with E-state index < -0.39 is 0 Å². The van der Waals surface area contributed by atoms with Crippen LogP contribution in [0.1, 0.15) is 24.6 Å². The van der Waals surface area contributed by atoms with E-state index in [4.69, 9.17) is 21.1 Å². The molecule has 158 valence electrons. The van der Waals surface area contributed by atoms with Crippen LogP contribution in [0.5, 0.6) is 0 Å². The lowest BCUT2D eigenvalue weighted by Crippen LogP contribution is -2.34. The number of aryl methyl sites for hydroxylation is 1. The standard InChI is InChI=1S/C24H27ClN2O3/c1-26-20-11-10-18(25)15-19(20)23(17-7-4-3-5-8-17)24(26)21-9-6-12-27(21)22(28)16-30-14-13-29-2/h3-5,7-8,10-11,15,21H,6,9,12-14,16H2,1-2H3. The number of methoxy groups -OCH3 is 1. The zero-order valence-electron chi connectivity index (χ0n) is 17.4. The highest BCUT2D eigenvalue weighted by atomic mass is 35.5. The Balaban J connectivity index is 1.76. The Bertz CT molecular complexity index is 1030. The largest absolute Gasteiger partial charge is 0.382 e. The molecule has 2 heterocycles. The summed E-state index contributed by atoms with van der Waals surface area (Å²) in [6.07, 6.45) is 1.91. The van der Waals surface area contributed by atoms with Crippen molar-refractivity contribution >= 4 is 28.4 Å². The van der Waals surface area contributed by atoms with Gasteiger partial charge in [0.2, 0.25) is 5.91 Å². The average molecular weight is 427 g/mol. The molecule has 1 amide bonds. The van der Waals surface area contributed by atoms with Gasteiger partial charge < -0.3 is 18.9 Å². The van der Waals surface area contributed by atoms with Crippen molar-refractivity contribution in [2.45, 2.75) is 18.9 Å². The van der Waals surface area contributed by atoms with E-state index in [1.54, 1.807) is 7.11 Å². The van der Waals surface area contributed by atoms with Gasteiger partial charge in [-0.1, -0.05) is 41.9 Å². The molecular weight excluding hydrogens is 400 g/mol. The van der Waals surface area contributed by atoms with E-state index in [-0.39, 0.29) is 18.6 Å². The molecule has 0 aliphatic carbocycles. The normalized spacial score (nSPS) is 16.5. The fourth-order valence-corrected chi connectivity index (χ4v) is 4.64. The second-order valence-electron chi connectivity index (χ2n) is 7.64. The Hall–Kier alpha value is -2.34. The van der Waals surface area contributed by atoms with Crippen molar-refractivity contribution < 1.29 is 14.3 Å². The van der Waals surface area contributed by atoms with Gasteiger partial charge in [0.25, 0.3) is 0 Å². The third kappa shape index (κ3) is 3.97. The quantitative estimate of drug-likeness (QED) is 0.508. The molecule has 0 spiro atoms. The lowest BCUT2D eigenvalue weighted by atomic mass is 9.97. The van der Waals surface area contributed by atoms with Crippen molar-refractivity contribution in [2.75, 3.05) is 33.5 Å². The molecule has 1 aliphatic rings. The molecule has 4 rings (SSSR count). The summed E-state index contributed by atoms with van der Waals surface area (Å²) in [5.41, 5.74) is 4.56. The predicted octanol–water partition coefficient (Wildman–Crippen LogP) is 4.83. The first-order chi connectivity index (χ1) is 14.6.